The Kier molecular flexibility index (Phi) is 3.79. The van der Waals surface area contributed by atoms with Crippen LogP contribution in [0.25, 0.3) is 0 Å². The molecular formula is C14H19N5O2S. The first-order valence-corrected chi connectivity index (χ1v) is 8.68. The SMILES string of the molecule is CCOc1nnc(CN2CCC[C@@H]2c2noc(C3CC3)n2)s1. The average Bonchev–Trinajstić information content (AvgIpc) is 2.92. The van der Waals surface area contributed by atoms with Crippen LogP contribution < -0.4 is 4.74 Å². The summed E-state index contributed by atoms with van der Waals surface area (Å²) in [5.74, 6) is 2.15. The Balaban J connectivity index is 1.45. The fourth-order valence-corrected chi connectivity index (χ4v) is 3.62. The summed E-state index contributed by atoms with van der Waals surface area (Å²) >= 11 is 1.51. The van der Waals surface area contributed by atoms with Crippen molar-refractivity contribution in [3.05, 3.63) is 16.7 Å². The lowest BCUT2D eigenvalue weighted by molar-refractivity contribution is 0.233. The maximum Gasteiger partial charge on any atom is 0.294 e. The number of nitrogens with zero attached hydrogens (tertiary/aromatic N) is 5. The first-order chi connectivity index (χ1) is 10.8. The first kappa shape index (κ1) is 14.1. The molecule has 0 N–H and O–H groups in total. The molecule has 2 aromatic heterocycles. The third-order valence-electron chi connectivity index (χ3n) is 4.10. The molecule has 0 aromatic carbocycles. The highest BCUT2D eigenvalue weighted by Crippen LogP contribution is 2.40. The van der Waals surface area contributed by atoms with Crippen molar-refractivity contribution in [3.8, 4) is 5.19 Å². The van der Waals surface area contributed by atoms with E-state index in [0.717, 1.165) is 42.7 Å². The Morgan fingerprint density at radius 1 is 1.32 bits per heavy atom. The number of hydrogen-bond donors (Lipinski definition) is 0. The Bertz CT molecular complexity index is 639. The van der Waals surface area contributed by atoms with Gasteiger partial charge in [-0.05, 0) is 39.2 Å². The van der Waals surface area contributed by atoms with Gasteiger partial charge in [-0.3, -0.25) is 4.90 Å². The quantitative estimate of drug-likeness (QED) is 0.809. The van der Waals surface area contributed by atoms with E-state index >= 15 is 0 Å². The lowest BCUT2D eigenvalue weighted by atomic mass is 10.2. The van der Waals surface area contributed by atoms with E-state index in [1.54, 1.807) is 0 Å². The van der Waals surface area contributed by atoms with E-state index in [9.17, 15) is 0 Å². The predicted octanol–water partition coefficient (Wildman–Crippen LogP) is 2.53. The molecule has 8 heteroatoms. The summed E-state index contributed by atoms with van der Waals surface area (Å²) in [6.45, 7) is 4.36. The van der Waals surface area contributed by atoms with Crippen LogP contribution in [0.1, 0.15) is 61.3 Å². The first-order valence-electron chi connectivity index (χ1n) is 7.86. The molecule has 2 aromatic rings. The number of likely N-dealkylation sites (tertiary alicyclic amines) is 1. The minimum Gasteiger partial charge on any atom is -0.469 e. The van der Waals surface area contributed by atoms with Crippen molar-refractivity contribution in [1.82, 2.24) is 25.2 Å². The molecule has 1 saturated heterocycles. The van der Waals surface area contributed by atoms with E-state index in [2.05, 4.69) is 25.2 Å². The molecule has 7 nitrogen and oxygen atoms in total. The molecule has 1 atom stereocenters. The Hall–Kier alpha value is -1.54. The molecule has 0 bridgehead atoms. The van der Waals surface area contributed by atoms with Crippen molar-refractivity contribution < 1.29 is 9.26 Å². The van der Waals surface area contributed by atoms with Crippen LogP contribution in [0.5, 0.6) is 5.19 Å². The fourth-order valence-electron chi connectivity index (χ4n) is 2.84. The minimum absolute atomic E-state index is 0.232. The summed E-state index contributed by atoms with van der Waals surface area (Å²) in [4.78, 5) is 6.96. The third-order valence-corrected chi connectivity index (χ3v) is 4.92. The van der Waals surface area contributed by atoms with Gasteiger partial charge in [0.15, 0.2) is 5.82 Å². The molecule has 2 fully saturated rings. The number of hydrogen-bond acceptors (Lipinski definition) is 8. The largest absolute Gasteiger partial charge is 0.469 e. The van der Waals surface area contributed by atoms with Gasteiger partial charge in [-0.25, -0.2) is 0 Å². The fraction of sp³-hybridized carbons (Fsp3) is 0.714. The molecule has 118 valence electrons. The Morgan fingerprint density at radius 3 is 3.05 bits per heavy atom. The van der Waals surface area contributed by atoms with Crippen molar-refractivity contribution >= 4 is 11.3 Å². The van der Waals surface area contributed by atoms with Crippen molar-refractivity contribution in [1.29, 1.82) is 0 Å². The molecule has 0 spiro atoms. The summed E-state index contributed by atoms with van der Waals surface area (Å²) < 4.78 is 10.8. The van der Waals surface area contributed by atoms with Gasteiger partial charge in [-0.1, -0.05) is 16.5 Å². The van der Waals surface area contributed by atoms with Crippen LogP contribution in [0.3, 0.4) is 0 Å². The van der Waals surface area contributed by atoms with Crippen LogP contribution in [0, 0.1) is 0 Å². The number of aromatic nitrogens is 4. The van der Waals surface area contributed by atoms with Gasteiger partial charge in [-0.2, -0.15) is 4.98 Å². The summed E-state index contributed by atoms with van der Waals surface area (Å²) in [6, 6.07) is 0.232. The average molecular weight is 321 g/mol. The minimum atomic E-state index is 0.232. The maximum absolute atomic E-state index is 5.40. The molecule has 0 amide bonds. The number of rotatable bonds is 6. The maximum atomic E-state index is 5.40. The highest BCUT2D eigenvalue weighted by Gasteiger charge is 2.34. The normalized spacial score (nSPS) is 22.3. The lowest BCUT2D eigenvalue weighted by Gasteiger charge is -2.19. The Labute approximate surface area is 132 Å². The van der Waals surface area contributed by atoms with E-state index in [-0.39, 0.29) is 6.04 Å². The molecule has 3 heterocycles. The monoisotopic (exact) mass is 321 g/mol. The van der Waals surface area contributed by atoms with Crippen molar-refractivity contribution in [2.75, 3.05) is 13.2 Å². The lowest BCUT2D eigenvalue weighted by Crippen LogP contribution is -2.23. The number of ether oxygens (including phenoxy) is 1. The zero-order chi connectivity index (χ0) is 14.9. The molecule has 1 aliphatic heterocycles. The van der Waals surface area contributed by atoms with E-state index < -0.39 is 0 Å². The van der Waals surface area contributed by atoms with Gasteiger partial charge >= 0.3 is 0 Å². The van der Waals surface area contributed by atoms with Gasteiger partial charge in [0, 0.05) is 5.92 Å². The standard InChI is InChI=1S/C14H19N5O2S/c1-2-20-14-17-16-11(22-14)8-19-7-3-4-10(19)12-15-13(21-18-12)9-5-6-9/h9-10H,2-8H2,1H3/t10-/m1/s1. The van der Waals surface area contributed by atoms with Gasteiger partial charge in [-0.15, -0.1) is 10.2 Å². The second-order valence-electron chi connectivity index (χ2n) is 5.79. The van der Waals surface area contributed by atoms with Gasteiger partial charge in [0.2, 0.25) is 5.89 Å². The molecule has 0 unspecified atom stereocenters. The molecular weight excluding hydrogens is 302 g/mol. The van der Waals surface area contributed by atoms with Crippen molar-refractivity contribution in [3.63, 3.8) is 0 Å². The predicted molar refractivity (Wildman–Crippen MR) is 79.7 cm³/mol. The van der Waals surface area contributed by atoms with Gasteiger partial charge in [0.25, 0.3) is 5.19 Å². The summed E-state index contributed by atoms with van der Waals surface area (Å²) in [5, 5.41) is 14.1. The zero-order valence-corrected chi connectivity index (χ0v) is 13.4. The van der Waals surface area contributed by atoms with E-state index in [1.807, 2.05) is 6.92 Å². The van der Waals surface area contributed by atoms with Gasteiger partial charge in [0.1, 0.15) is 5.01 Å². The highest BCUT2D eigenvalue weighted by atomic mass is 32.1. The second kappa shape index (κ2) is 5.92. The zero-order valence-electron chi connectivity index (χ0n) is 12.6. The highest BCUT2D eigenvalue weighted by molar-refractivity contribution is 7.13. The third kappa shape index (κ3) is 2.85. The van der Waals surface area contributed by atoms with Crippen LogP contribution in [-0.2, 0) is 6.54 Å². The van der Waals surface area contributed by atoms with Crippen LogP contribution >= 0.6 is 11.3 Å². The van der Waals surface area contributed by atoms with Crippen molar-refractivity contribution in [2.24, 2.45) is 0 Å². The molecule has 1 aliphatic carbocycles. The van der Waals surface area contributed by atoms with Gasteiger partial charge < -0.3 is 9.26 Å². The van der Waals surface area contributed by atoms with E-state index in [1.165, 1.54) is 24.2 Å². The van der Waals surface area contributed by atoms with E-state index in [4.69, 9.17) is 9.26 Å². The topological polar surface area (TPSA) is 77.2 Å². The molecule has 4 rings (SSSR count). The van der Waals surface area contributed by atoms with E-state index in [0.29, 0.717) is 17.7 Å². The molecule has 22 heavy (non-hydrogen) atoms. The summed E-state index contributed by atoms with van der Waals surface area (Å²) in [6.07, 6.45) is 4.58. The molecule has 1 saturated carbocycles. The van der Waals surface area contributed by atoms with Crippen LogP contribution in [0.4, 0.5) is 0 Å². The summed E-state index contributed by atoms with van der Waals surface area (Å²) in [7, 11) is 0. The molecule has 2 aliphatic rings. The van der Waals surface area contributed by atoms with Gasteiger partial charge in [0.05, 0.1) is 19.2 Å². The second-order valence-corrected chi connectivity index (χ2v) is 6.81. The Morgan fingerprint density at radius 2 is 2.23 bits per heavy atom. The van der Waals surface area contributed by atoms with Crippen molar-refractivity contribution in [2.45, 2.75) is 51.1 Å². The van der Waals surface area contributed by atoms with Crippen LogP contribution in [0.2, 0.25) is 0 Å². The molecule has 0 radical (unpaired) electrons. The smallest absolute Gasteiger partial charge is 0.294 e. The van der Waals surface area contributed by atoms with Crippen LogP contribution in [-0.4, -0.2) is 38.4 Å². The van der Waals surface area contributed by atoms with Crippen LogP contribution in [0.15, 0.2) is 4.52 Å². The summed E-state index contributed by atoms with van der Waals surface area (Å²) in [5.41, 5.74) is 0.